The van der Waals surface area contributed by atoms with Crippen LogP contribution in [-0.4, -0.2) is 46.0 Å². The van der Waals surface area contributed by atoms with Gasteiger partial charge in [0, 0.05) is 26.3 Å². The van der Waals surface area contributed by atoms with Gasteiger partial charge in [-0.2, -0.15) is 4.68 Å². The number of hydrogen-bond acceptors (Lipinski definition) is 6. The van der Waals surface area contributed by atoms with Gasteiger partial charge in [-0.3, -0.25) is 4.79 Å². The minimum absolute atomic E-state index is 0.0585. The maximum absolute atomic E-state index is 12.2. The van der Waals surface area contributed by atoms with Crippen LogP contribution in [0.2, 0.25) is 0 Å². The number of nitrogens with zero attached hydrogens (tertiary/aromatic N) is 5. The molecule has 0 atom stereocenters. The normalized spacial score (nSPS) is 10.7. The molecule has 146 valence electrons. The van der Waals surface area contributed by atoms with Crippen LogP contribution >= 0.6 is 11.8 Å². The SMILES string of the molecule is Cc1ccc(-n2nnnc2SCC(=O)NCc2ccc(N(C)C)cc2)c(C)c1. The van der Waals surface area contributed by atoms with Gasteiger partial charge in [-0.05, 0) is 53.6 Å². The summed E-state index contributed by atoms with van der Waals surface area (Å²) in [5, 5.41) is 15.4. The molecule has 0 bridgehead atoms. The highest BCUT2D eigenvalue weighted by Crippen LogP contribution is 2.21. The Morgan fingerprint density at radius 1 is 1.14 bits per heavy atom. The van der Waals surface area contributed by atoms with Crippen LogP contribution in [0.25, 0.3) is 5.69 Å². The average Bonchev–Trinajstić information content (AvgIpc) is 3.13. The molecule has 0 aliphatic rings. The Labute approximate surface area is 169 Å². The summed E-state index contributed by atoms with van der Waals surface area (Å²) in [5.74, 6) is 0.193. The highest BCUT2D eigenvalue weighted by atomic mass is 32.2. The van der Waals surface area contributed by atoms with Gasteiger partial charge in [0.25, 0.3) is 0 Å². The Balaban J connectivity index is 1.56. The molecule has 0 radical (unpaired) electrons. The van der Waals surface area contributed by atoms with Crippen molar-refractivity contribution in [2.45, 2.75) is 25.5 Å². The van der Waals surface area contributed by atoms with Gasteiger partial charge in [0.2, 0.25) is 11.1 Å². The lowest BCUT2D eigenvalue weighted by Gasteiger charge is -2.13. The Morgan fingerprint density at radius 2 is 1.89 bits per heavy atom. The van der Waals surface area contributed by atoms with Gasteiger partial charge >= 0.3 is 0 Å². The topological polar surface area (TPSA) is 75.9 Å². The largest absolute Gasteiger partial charge is 0.378 e. The number of nitrogens with one attached hydrogen (secondary N) is 1. The summed E-state index contributed by atoms with van der Waals surface area (Å²) in [6.45, 7) is 4.56. The van der Waals surface area contributed by atoms with Gasteiger partial charge in [0.15, 0.2) is 0 Å². The molecule has 28 heavy (non-hydrogen) atoms. The Bertz CT molecular complexity index is 952. The predicted molar refractivity (Wildman–Crippen MR) is 112 cm³/mol. The molecule has 8 heteroatoms. The number of hydrogen-bond donors (Lipinski definition) is 1. The fourth-order valence-corrected chi connectivity index (χ4v) is 3.47. The number of carbonyl (C=O) groups is 1. The lowest BCUT2D eigenvalue weighted by Crippen LogP contribution is -2.24. The first-order valence-corrected chi connectivity index (χ1v) is 9.94. The van der Waals surface area contributed by atoms with Crippen LogP contribution in [0.5, 0.6) is 0 Å². The zero-order chi connectivity index (χ0) is 20.1. The number of aromatic nitrogens is 4. The molecule has 7 nitrogen and oxygen atoms in total. The fourth-order valence-electron chi connectivity index (χ4n) is 2.76. The van der Waals surface area contributed by atoms with Crippen molar-refractivity contribution in [1.29, 1.82) is 0 Å². The molecular formula is C20H24N6OS. The summed E-state index contributed by atoms with van der Waals surface area (Å²) in [6.07, 6.45) is 0. The minimum Gasteiger partial charge on any atom is -0.378 e. The predicted octanol–water partition coefficient (Wildman–Crippen LogP) is 2.75. The van der Waals surface area contributed by atoms with Crippen molar-refractivity contribution in [2.24, 2.45) is 0 Å². The number of benzene rings is 2. The molecule has 1 N–H and O–H groups in total. The smallest absolute Gasteiger partial charge is 0.230 e. The first-order chi connectivity index (χ1) is 13.4. The monoisotopic (exact) mass is 396 g/mol. The zero-order valence-electron chi connectivity index (χ0n) is 16.5. The molecule has 1 amide bonds. The molecule has 3 aromatic rings. The van der Waals surface area contributed by atoms with E-state index in [0.29, 0.717) is 11.7 Å². The molecule has 0 aliphatic heterocycles. The number of rotatable bonds is 7. The second-order valence-corrected chi connectivity index (χ2v) is 7.73. The van der Waals surface area contributed by atoms with Gasteiger partial charge in [0.1, 0.15) is 0 Å². The fraction of sp³-hybridized carbons (Fsp3) is 0.300. The van der Waals surface area contributed by atoms with Crippen molar-refractivity contribution >= 4 is 23.4 Å². The Kier molecular flexibility index (Phi) is 6.30. The third kappa shape index (κ3) is 4.89. The highest BCUT2D eigenvalue weighted by molar-refractivity contribution is 7.99. The summed E-state index contributed by atoms with van der Waals surface area (Å²) in [7, 11) is 4.00. The van der Waals surface area contributed by atoms with E-state index in [1.165, 1.54) is 17.3 Å². The zero-order valence-corrected chi connectivity index (χ0v) is 17.3. The van der Waals surface area contributed by atoms with E-state index in [1.807, 2.05) is 69.2 Å². The molecule has 0 unspecified atom stereocenters. The van der Waals surface area contributed by atoms with Gasteiger partial charge in [0.05, 0.1) is 11.4 Å². The summed E-state index contributed by atoms with van der Waals surface area (Å²) in [4.78, 5) is 14.3. The maximum atomic E-state index is 12.2. The lowest BCUT2D eigenvalue weighted by atomic mass is 10.1. The summed E-state index contributed by atoms with van der Waals surface area (Å²) in [6, 6.07) is 14.2. The van der Waals surface area contributed by atoms with E-state index in [4.69, 9.17) is 0 Å². The molecule has 3 rings (SSSR count). The molecule has 0 aliphatic carbocycles. The van der Waals surface area contributed by atoms with Gasteiger partial charge < -0.3 is 10.2 Å². The van der Waals surface area contributed by atoms with Crippen LogP contribution in [0.15, 0.2) is 47.6 Å². The number of anilines is 1. The van der Waals surface area contributed by atoms with Crippen molar-refractivity contribution in [3.05, 3.63) is 59.2 Å². The molecule has 0 spiro atoms. The Hall–Kier alpha value is -2.87. The molecule has 0 saturated heterocycles. The number of carbonyl (C=O) groups excluding carboxylic acids is 1. The van der Waals surface area contributed by atoms with Crippen molar-refractivity contribution in [3.8, 4) is 5.69 Å². The van der Waals surface area contributed by atoms with E-state index in [1.54, 1.807) is 4.68 Å². The number of aryl methyl sites for hydroxylation is 2. The van der Waals surface area contributed by atoms with Crippen LogP contribution in [0.3, 0.4) is 0 Å². The molecule has 0 saturated carbocycles. The molecule has 1 aromatic heterocycles. The van der Waals surface area contributed by atoms with Gasteiger partial charge in [-0.25, -0.2) is 0 Å². The second kappa shape index (κ2) is 8.88. The van der Waals surface area contributed by atoms with E-state index < -0.39 is 0 Å². The second-order valence-electron chi connectivity index (χ2n) is 6.79. The Morgan fingerprint density at radius 3 is 2.57 bits per heavy atom. The lowest BCUT2D eigenvalue weighted by molar-refractivity contribution is -0.118. The minimum atomic E-state index is -0.0585. The van der Waals surface area contributed by atoms with E-state index in [0.717, 1.165) is 22.5 Å². The van der Waals surface area contributed by atoms with Crippen LogP contribution in [-0.2, 0) is 11.3 Å². The van der Waals surface area contributed by atoms with Crippen LogP contribution in [0.1, 0.15) is 16.7 Å². The highest BCUT2D eigenvalue weighted by Gasteiger charge is 2.13. The molecular weight excluding hydrogens is 372 g/mol. The first kappa shape index (κ1) is 19.9. The third-order valence-electron chi connectivity index (χ3n) is 4.30. The molecule has 1 heterocycles. The number of amides is 1. The maximum Gasteiger partial charge on any atom is 0.230 e. The standard InChI is InChI=1S/C20H24N6OS/c1-14-5-10-18(15(2)11-14)26-20(22-23-24-26)28-13-19(27)21-12-16-6-8-17(9-7-16)25(3)4/h5-11H,12-13H2,1-4H3,(H,21,27). The number of tetrazole rings is 1. The van der Waals surface area contributed by atoms with Gasteiger partial charge in [-0.1, -0.05) is 41.6 Å². The summed E-state index contributed by atoms with van der Waals surface area (Å²) >= 11 is 1.32. The summed E-state index contributed by atoms with van der Waals surface area (Å²) < 4.78 is 1.67. The van der Waals surface area contributed by atoms with E-state index in [-0.39, 0.29) is 11.7 Å². The van der Waals surface area contributed by atoms with Gasteiger partial charge in [-0.15, -0.1) is 5.10 Å². The van der Waals surface area contributed by atoms with Crippen LogP contribution < -0.4 is 10.2 Å². The van der Waals surface area contributed by atoms with Crippen LogP contribution in [0.4, 0.5) is 5.69 Å². The van der Waals surface area contributed by atoms with Crippen molar-refractivity contribution in [1.82, 2.24) is 25.5 Å². The van der Waals surface area contributed by atoms with Crippen molar-refractivity contribution < 1.29 is 4.79 Å². The third-order valence-corrected chi connectivity index (χ3v) is 5.22. The average molecular weight is 397 g/mol. The van der Waals surface area contributed by atoms with Crippen LogP contribution in [0, 0.1) is 13.8 Å². The molecule has 2 aromatic carbocycles. The van der Waals surface area contributed by atoms with E-state index >= 15 is 0 Å². The van der Waals surface area contributed by atoms with E-state index in [2.05, 4.69) is 26.9 Å². The quantitative estimate of drug-likeness (QED) is 0.619. The first-order valence-electron chi connectivity index (χ1n) is 8.96. The number of thioether (sulfide) groups is 1. The summed E-state index contributed by atoms with van der Waals surface area (Å²) in [5.41, 5.74) is 5.37. The van der Waals surface area contributed by atoms with Crippen molar-refractivity contribution in [2.75, 3.05) is 24.7 Å². The van der Waals surface area contributed by atoms with Crippen molar-refractivity contribution in [3.63, 3.8) is 0 Å². The molecule has 0 fully saturated rings. The van der Waals surface area contributed by atoms with E-state index in [9.17, 15) is 4.79 Å².